The van der Waals surface area contributed by atoms with Crippen molar-refractivity contribution in [2.24, 2.45) is 5.92 Å². The van der Waals surface area contributed by atoms with Crippen LogP contribution in [0.4, 0.5) is 5.82 Å². The van der Waals surface area contributed by atoms with Gasteiger partial charge in [0, 0.05) is 32.1 Å². The maximum Gasteiger partial charge on any atom is 0.293 e. The zero-order valence-electron chi connectivity index (χ0n) is 16.7. The molecule has 0 saturated carbocycles. The van der Waals surface area contributed by atoms with Gasteiger partial charge in [0.25, 0.3) is 5.56 Å². The Morgan fingerprint density at radius 2 is 1.76 bits per heavy atom. The number of nitrogens with one attached hydrogen (secondary N) is 1. The van der Waals surface area contributed by atoms with E-state index in [4.69, 9.17) is 0 Å². The number of carbonyl (C=O) groups excluding carboxylic acids is 1. The van der Waals surface area contributed by atoms with Crippen molar-refractivity contribution < 1.29 is 4.79 Å². The SMILES string of the molecule is CCn1c(=O)c(N2CCC(C(=O)NCc3ccccc3)CC2)nc2ccccc21. The summed E-state index contributed by atoms with van der Waals surface area (Å²) in [6, 6.07) is 17.7. The molecule has 6 heteroatoms. The van der Waals surface area contributed by atoms with Gasteiger partial charge in [-0.05, 0) is 37.5 Å². The molecule has 150 valence electrons. The van der Waals surface area contributed by atoms with Crippen LogP contribution >= 0.6 is 0 Å². The molecule has 0 radical (unpaired) electrons. The summed E-state index contributed by atoms with van der Waals surface area (Å²) >= 11 is 0. The average Bonchev–Trinajstić information content (AvgIpc) is 2.78. The highest BCUT2D eigenvalue weighted by atomic mass is 16.2. The Balaban J connectivity index is 1.44. The van der Waals surface area contributed by atoms with Crippen LogP contribution in [0.5, 0.6) is 0 Å². The van der Waals surface area contributed by atoms with Gasteiger partial charge in [0.15, 0.2) is 5.82 Å². The van der Waals surface area contributed by atoms with Crippen LogP contribution < -0.4 is 15.8 Å². The third kappa shape index (κ3) is 4.01. The number of para-hydroxylation sites is 2. The molecule has 1 fully saturated rings. The molecule has 0 unspecified atom stereocenters. The molecule has 0 atom stereocenters. The first-order valence-electron chi connectivity index (χ1n) is 10.2. The van der Waals surface area contributed by atoms with Crippen molar-refractivity contribution in [2.75, 3.05) is 18.0 Å². The molecule has 0 aliphatic carbocycles. The number of benzene rings is 2. The second kappa shape index (κ2) is 8.47. The summed E-state index contributed by atoms with van der Waals surface area (Å²) in [7, 11) is 0. The van der Waals surface area contributed by atoms with E-state index in [0.29, 0.717) is 32.0 Å². The Morgan fingerprint density at radius 1 is 1.07 bits per heavy atom. The molecule has 29 heavy (non-hydrogen) atoms. The van der Waals surface area contributed by atoms with Gasteiger partial charge in [0.05, 0.1) is 11.0 Å². The van der Waals surface area contributed by atoms with Gasteiger partial charge in [-0.25, -0.2) is 4.98 Å². The third-order valence-electron chi connectivity index (χ3n) is 5.63. The number of hydrogen-bond acceptors (Lipinski definition) is 4. The van der Waals surface area contributed by atoms with Crippen LogP contribution in [0, 0.1) is 5.92 Å². The molecule has 0 bridgehead atoms. The van der Waals surface area contributed by atoms with Crippen LogP contribution in [0.15, 0.2) is 59.4 Å². The van der Waals surface area contributed by atoms with Crippen LogP contribution in [0.2, 0.25) is 0 Å². The summed E-state index contributed by atoms with van der Waals surface area (Å²) in [5, 5.41) is 3.04. The molecule has 1 saturated heterocycles. The normalized spacial score (nSPS) is 14.9. The molecule has 1 aromatic heterocycles. The summed E-state index contributed by atoms with van der Waals surface area (Å²) < 4.78 is 1.77. The van der Waals surface area contributed by atoms with E-state index in [1.807, 2.05) is 66.4 Å². The number of piperidine rings is 1. The lowest BCUT2D eigenvalue weighted by Crippen LogP contribution is -2.43. The van der Waals surface area contributed by atoms with E-state index >= 15 is 0 Å². The zero-order valence-corrected chi connectivity index (χ0v) is 16.7. The number of fused-ring (bicyclic) bond motifs is 1. The molecule has 2 aromatic carbocycles. The first-order valence-corrected chi connectivity index (χ1v) is 10.2. The van der Waals surface area contributed by atoms with E-state index in [1.54, 1.807) is 4.57 Å². The van der Waals surface area contributed by atoms with Crippen molar-refractivity contribution in [1.82, 2.24) is 14.9 Å². The summed E-state index contributed by atoms with van der Waals surface area (Å²) in [4.78, 5) is 32.2. The maximum absolute atomic E-state index is 13.0. The quantitative estimate of drug-likeness (QED) is 0.727. The number of anilines is 1. The lowest BCUT2D eigenvalue weighted by Gasteiger charge is -2.32. The Labute approximate surface area is 170 Å². The lowest BCUT2D eigenvalue weighted by molar-refractivity contribution is -0.125. The highest BCUT2D eigenvalue weighted by molar-refractivity contribution is 5.79. The fourth-order valence-electron chi connectivity index (χ4n) is 3.98. The van der Waals surface area contributed by atoms with Crippen LogP contribution in [-0.2, 0) is 17.9 Å². The third-order valence-corrected chi connectivity index (χ3v) is 5.63. The Bertz CT molecular complexity index is 1050. The number of carbonyl (C=O) groups is 1. The van der Waals surface area contributed by atoms with Gasteiger partial charge in [-0.2, -0.15) is 0 Å². The highest BCUT2D eigenvalue weighted by Crippen LogP contribution is 2.22. The minimum atomic E-state index is -0.0572. The van der Waals surface area contributed by atoms with Gasteiger partial charge in [-0.15, -0.1) is 0 Å². The van der Waals surface area contributed by atoms with Gasteiger partial charge in [0.2, 0.25) is 5.91 Å². The van der Waals surface area contributed by atoms with Crippen LogP contribution in [0.3, 0.4) is 0 Å². The van der Waals surface area contributed by atoms with E-state index in [-0.39, 0.29) is 17.4 Å². The maximum atomic E-state index is 13.0. The number of amides is 1. The first-order chi connectivity index (χ1) is 14.2. The first kappa shape index (κ1) is 19.2. The molecule has 6 nitrogen and oxygen atoms in total. The van der Waals surface area contributed by atoms with Crippen molar-refractivity contribution in [3.63, 3.8) is 0 Å². The molecule has 1 aliphatic rings. The monoisotopic (exact) mass is 390 g/mol. The minimum Gasteiger partial charge on any atom is -0.352 e. The van der Waals surface area contributed by atoms with Crippen molar-refractivity contribution in [1.29, 1.82) is 0 Å². The van der Waals surface area contributed by atoms with E-state index in [2.05, 4.69) is 10.3 Å². The number of nitrogens with zero attached hydrogens (tertiary/aromatic N) is 3. The smallest absolute Gasteiger partial charge is 0.293 e. The second-order valence-corrected chi connectivity index (χ2v) is 7.44. The molecule has 1 aliphatic heterocycles. The fraction of sp³-hybridized carbons (Fsp3) is 0.348. The van der Waals surface area contributed by atoms with Gasteiger partial charge in [0.1, 0.15) is 0 Å². The predicted molar refractivity (Wildman–Crippen MR) is 115 cm³/mol. The van der Waals surface area contributed by atoms with Gasteiger partial charge >= 0.3 is 0 Å². The summed E-state index contributed by atoms with van der Waals surface area (Å²) in [5.74, 6) is 0.559. The average molecular weight is 390 g/mol. The number of rotatable bonds is 5. The van der Waals surface area contributed by atoms with Crippen molar-refractivity contribution in [3.05, 3.63) is 70.5 Å². The number of aryl methyl sites for hydroxylation is 1. The molecular weight excluding hydrogens is 364 g/mol. The van der Waals surface area contributed by atoms with Crippen LogP contribution in [0.25, 0.3) is 11.0 Å². The van der Waals surface area contributed by atoms with Gasteiger partial charge in [-0.3, -0.25) is 9.59 Å². The summed E-state index contributed by atoms with van der Waals surface area (Å²) in [5.41, 5.74) is 2.72. The van der Waals surface area contributed by atoms with Crippen LogP contribution in [0.1, 0.15) is 25.3 Å². The largest absolute Gasteiger partial charge is 0.352 e. The summed E-state index contributed by atoms with van der Waals surface area (Å²) in [6.07, 6.45) is 1.45. The highest BCUT2D eigenvalue weighted by Gasteiger charge is 2.27. The molecule has 1 amide bonds. The number of hydrogen-bond donors (Lipinski definition) is 1. The topological polar surface area (TPSA) is 67.2 Å². The van der Waals surface area contributed by atoms with E-state index < -0.39 is 0 Å². The molecule has 1 N–H and O–H groups in total. The lowest BCUT2D eigenvalue weighted by atomic mass is 9.96. The Morgan fingerprint density at radius 3 is 2.48 bits per heavy atom. The molecule has 4 rings (SSSR count). The standard InChI is InChI=1S/C23H26N4O2/c1-2-27-20-11-7-6-10-19(20)25-21(23(27)29)26-14-12-18(13-15-26)22(28)24-16-17-8-4-3-5-9-17/h3-11,18H,2,12-16H2,1H3,(H,24,28). The summed E-state index contributed by atoms with van der Waals surface area (Å²) in [6.45, 7) is 4.45. The number of aromatic nitrogens is 2. The zero-order chi connectivity index (χ0) is 20.2. The van der Waals surface area contributed by atoms with Crippen molar-refractivity contribution in [3.8, 4) is 0 Å². The predicted octanol–water partition coefficient (Wildman–Crippen LogP) is 2.95. The fourth-order valence-corrected chi connectivity index (χ4v) is 3.98. The van der Waals surface area contributed by atoms with Crippen LogP contribution in [-0.4, -0.2) is 28.5 Å². The molecule has 2 heterocycles. The van der Waals surface area contributed by atoms with Gasteiger partial charge in [-0.1, -0.05) is 42.5 Å². The molecule has 3 aromatic rings. The molecular formula is C23H26N4O2. The van der Waals surface area contributed by atoms with E-state index in [1.165, 1.54) is 0 Å². The molecule has 0 spiro atoms. The van der Waals surface area contributed by atoms with E-state index in [0.717, 1.165) is 29.4 Å². The Kier molecular flexibility index (Phi) is 5.60. The minimum absolute atomic E-state index is 0.0242. The van der Waals surface area contributed by atoms with Crippen molar-refractivity contribution >= 4 is 22.8 Å². The Hall–Kier alpha value is -3.15. The van der Waals surface area contributed by atoms with E-state index in [9.17, 15) is 9.59 Å². The second-order valence-electron chi connectivity index (χ2n) is 7.44. The van der Waals surface area contributed by atoms with Gasteiger partial charge < -0.3 is 14.8 Å². The van der Waals surface area contributed by atoms with Crippen molar-refractivity contribution in [2.45, 2.75) is 32.9 Å².